The first kappa shape index (κ1) is 14.2. The van der Waals surface area contributed by atoms with E-state index < -0.39 is 24.1 Å². The zero-order chi connectivity index (χ0) is 13.7. The summed E-state index contributed by atoms with van der Waals surface area (Å²) in [6.45, 7) is 0.111. The van der Waals surface area contributed by atoms with Crippen LogP contribution in [0.1, 0.15) is 12.8 Å². The standard InChI is InChI=1S/C10H17N3O5/c1-11-8(15)2-3-12-10(18)13-5-6(14)4-7(13)9(16)17/h6-7,14H,2-5H2,1H3,(H,11,15)(H,12,18)(H,16,17). The molecular formula is C10H17N3O5. The maximum atomic E-state index is 11.7. The summed E-state index contributed by atoms with van der Waals surface area (Å²) in [5, 5.41) is 23.1. The van der Waals surface area contributed by atoms with Crippen LogP contribution >= 0.6 is 0 Å². The van der Waals surface area contributed by atoms with Crippen LogP contribution in [0.5, 0.6) is 0 Å². The number of aliphatic hydroxyl groups is 1. The molecule has 0 bridgehead atoms. The minimum Gasteiger partial charge on any atom is -0.480 e. The molecule has 3 amide bonds. The maximum absolute atomic E-state index is 11.7. The van der Waals surface area contributed by atoms with Gasteiger partial charge in [0, 0.05) is 33.0 Å². The summed E-state index contributed by atoms with van der Waals surface area (Å²) in [4.78, 5) is 34.6. The second-order valence-corrected chi connectivity index (χ2v) is 4.05. The maximum Gasteiger partial charge on any atom is 0.326 e. The number of β-amino-alcohol motifs (C(OH)–C–C–N with tert-alkyl or cyclic N) is 1. The number of rotatable bonds is 4. The van der Waals surface area contributed by atoms with E-state index in [9.17, 15) is 19.5 Å². The molecule has 0 radical (unpaired) electrons. The van der Waals surface area contributed by atoms with Gasteiger partial charge in [-0.15, -0.1) is 0 Å². The summed E-state index contributed by atoms with van der Waals surface area (Å²) >= 11 is 0. The Kier molecular flexibility index (Phi) is 4.90. The average Bonchev–Trinajstić information content (AvgIpc) is 2.71. The summed E-state index contributed by atoms with van der Waals surface area (Å²) in [6, 6.07) is -1.59. The van der Waals surface area contributed by atoms with Gasteiger partial charge in [0.25, 0.3) is 0 Å². The predicted octanol–water partition coefficient (Wildman–Crippen LogP) is -1.65. The number of carboxylic acids is 1. The molecule has 1 aliphatic rings. The smallest absolute Gasteiger partial charge is 0.326 e. The van der Waals surface area contributed by atoms with Gasteiger partial charge < -0.3 is 25.7 Å². The van der Waals surface area contributed by atoms with Gasteiger partial charge >= 0.3 is 12.0 Å². The number of aliphatic carboxylic acids is 1. The third-order valence-corrected chi connectivity index (χ3v) is 2.73. The molecule has 0 spiro atoms. The summed E-state index contributed by atoms with van der Waals surface area (Å²) in [7, 11) is 1.49. The van der Waals surface area contributed by atoms with Gasteiger partial charge in [0.05, 0.1) is 6.10 Å². The Balaban J connectivity index is 2.45. The van der Waals surface area contributed by atoms with Crippen LogP contribution in [0, 0.1) is 0 Å². The fraction of sp³-hybridized carbons (Fsp3) is 0.700. The molecule has 1 rings (SSSR count). The van der Waals surface area contributed by atoms with Crippen LogP contribution in [0.2, 0.25) is 0 Å². The Morgan fingerprint density at radius 3 is 2.61 bits per heavy atom. The van der Waals surface area contributed by atoms with E-state index in [0.717, 1.165) is 4.90 Å². The van der Waals surface area contributed by atoms with Crippen LogP contribution < -0.4 is 10.6 Å². The van der Waals surface area contributed by atoms with Crippen molar-refractivity contribution in [1.82, 2.24) is 15.5 Å². The van der Waals surface area contributed by atoms with Crippen LogP contribution in [-0.2, 0) is 9.59 Å². The SMILES string of the molecule is CNC(=O)CCNC(=O)N1CC(O)CC1C(=O)O. The minimum atomic E-state index is -1.15. The fourth-order valence-electron chi connectivity index (χ4n) is 1.78. The van der Waals surface area contributed by atoms with Crippen LogP contribution in [0.4, 0.5) is 4.79 Å². The second kappa shape index (κ2) is 6.20. The highest BCUT2D eigenvalue weighted by Gasteiger charge is 2.38. The highest BCUT2D eigenvalue weighted by atomic mass is 16.4. The van der Waals surface area contributed by atoms with Crippen molar-refractivity contribution in [1.29, 1.82) is 0 Å². The molecule has 2 atom stereocenters. The normalized spacial score (nSPS) is 22.7. The topological polar surface area (TPSA) is 119 Å². The number of urea groups is 1. The molecule has 1 aliphatic heterocycles. The van der Waals surface area contributed by atoms with Gasteiger partial charge in [-0.2, -0.15) is 0 Å². The van der Waals surface area contributed by atoms with Crippen LogP contribution in [0.3, 0.4) is 0 Å². The molecule has 2 unspecified atom stereocenters. The van der Waals surface area contributed by atoms with E-state index in [4.69, 9.17) is 5.11 Å². The van der Waals surface area contributed by atoms with Gasteiger partial charge in [-0.3, -0.25) is 4.79 Å². The number of likely N-dealkylation sites (tertiary alicyclic amines) is 1. The van der Waals surface area contributed by atoms with Gasteiger partial charge in [-0.05, 0) is 0 Å². The lowest BCUT2D eigenvalue weighted by Crippen LogP contribution is -2.46. The van der Waals surface area contributed by atoms with Crippen molar-refractivity contribution in [2.24, 2.45) is 0 Å². The van der Waals surface area contributed by atoms with Crippen LogP contribution in [0.25, 0.3) is 0 Å². The molecule has 1 fully saturated rings. The van der Waals surface area contributed by atoms with E-state index in [1.54, 1.807) is 0 Å². The summed E-state index contributed by atoms with van der Waals surface area (Å²) in [5.41, 5.74) is 0. The quantitative estimate of drug-likeness (QED) is 0.482. The molecule has 102 valence electrons. The third kappa shape index (κ3) is 3.59. The Bertz CT molecular complexity index is 346. The molecule has 4 N–H and O–H groups in total. The molecule has 0 saturated carbocycles. The van der Waals surface area contributed by atoms with Crippen molar-refractivity contribution in [3.63, 3.8) is 0 Å². The first-order valence-electron chi connectivity index (χ1n) is 5.61. The van der Waals surface area contributed by atoms with Gasteiger partial charge in [-0.25, -0.2) is 9.59 Å². The van der Waals surface area contributed by atoms with Crippen molar-refractivity contribution in [2.75, 3.05) is 20.1 Å². The molecule has 0 aliphatic carbocycles. The number of aliphatic hydroxyl groups excluding tert-OH is 1. The van der Waals surface area contributed by atoms with E-state index in [0.29, 0.717) is 0 Å². The van der Waals surface area contributed by atoms with E-state index in [1.807, 2.05) is 0 Å². The summed E-state index contributed by atoms with van der Waals surface area (Å²) in [6.07, 6.45) is -0.676. The zero-order valence-electron chi connectivity index (χ0n) is 10.0. The lowest BCUT2D eigenvalue weighted by atomic mass is 10.2. The van der Waals surface area contributed by atoms with Gasteiger partial charge in [0.2, 0.25) is 5.91 Å². The number of hydrogen-bond donors (Lipinski definition) is 4. The molecule has 18 heavy (non-hydrogen) atoms. The zero-order valence-corrected chi connectivity index (χ0v) is 10.0. The number of carbonyl (C=O) groups excluding carboxylic acids is 2. The van der Waals surface area contributed by atoms with E-state index in [2.05, 4.69) is 10.6 Å². The van der Waals surface area contributed by atoms with E-state index >= 15 is 0 Å². The van der Waals surface area contributed by atoms with E-state index in [1.165, 1.54) is 7.05 Å². The molecule has 8 heteroatoms. The molecular weight excluding hydrogens is 242 g/mol. The lowest BCUT2D eigenvalue weighted by molar-refractivity contribution is -0.141. The number of amides is 3. The largest absolute Gasteiger partial charge is 0.480 e. The Labute approximate surface area is 104 Å². The number of nitrogens with zero attached hydrogens (tertiary/aromatic N) is 1. The van der Waals surface area contributed by atoms with Gasteiger partial charge in [-0.1, -0.05) is 0 Å². The highest BCUT2D eigenvalue weighted by Crippen LogP contribution is 2.17. The van der Waals surface area contributed by atoms with E-state index in [-0.39, 0.29) is 31.8 Å². The number of carbonyl (C=O) groups is 3. The molecule has 0 aromatic heterocycles. The monoisotopic (exact) mass is 259 g/mol. The van der Waals surface area contributed by atoms with Crippen molar-refractivity contribution in [3.8, 4) is 0 Å². The fourth-order valence-corrected chi connectivity index (χ4v) is 1.78. The van der Waals surface area contributed by atoms with Crippen molar-refractivity contribution >= 4 is 17.9 Å². The number of nitrogens with one attached hydrogen (secondary N) is 2. The van der Waals surface area contributed by atoms with Crippen molar-refractivity contribution < 1.29 is 24.6 Å². The molecule has 1 saturated heterocycles. The van der Waals surface area contributed by atoms with Crippen LogP contribution in [-0.4, -0.2) is 65.3 Å². The second-order valence-electron chi connectivity index (χ2n) is 4.05. The van der Waals surface area contributed by atoms with Gasteiger partial charge in [0.1, 0.15) is 6.04 Å². The number of carboxylic acid groups (broad SMARTS) is 1. The Hall–Kier alpha value is -1.83. The molecule has 1 heterocycles. The first-order valence-corrected chi connectivity index (χ1v) is 5.61. The summed E-state index contributed by atoms with van der Waals surface area (Å²) in [5.74, 6) is -1.36. The average molecular weight is 259 g/mol. The van der Waals surface area contributed by atoms with Crippen LogP contribution in [0.15, 0.2) is 0 Å². The molecule has 8 nitrogen and oxygen atoms in total. The number of hydrogen-bond acceptors (Lipinski definition) is 4. The highest BCUT2D eigenvalue weighted by molar-refractivity contribution is 5.84. The minimum absolute atomic E-state index is 0.0111. The van der Waals surface area contributed by atoms with Gasteiger partial charge in [0.15, 0.2) is 0 Å². The lowest BCUT2D eigenvalue weighted by Gasteiger charge is -2.21. The molecule has 0 aromatic rings. The Morgan fingerprint density at radius 1 is 1.39 bits per heavy atom. The molecule has 0 aromatic carbocycles. The van der Waals surface area contributed by atoms with Crippen molar-refractivity contribution in [2.45, 2.75) is 25.0 Å². The third-order valence-electron chi connectivity index (χ3n) is 2.73. The van der Waals surface area contributed by atoms with Crippen molar-refractivity contribution in [3.05, 3.63) is 0 Å². The predicted molar refractivity (Wildman–Crippen MR) is 60.8 cm³/mol. The summed E-state index contributed by atoms with van der Waals surface area (Å²) < 4.78 is 0. The Morgan fingerprint density at radius 2 is 2.06 bits per heavy atom. The first-order chi connectivity index (χ1) is 8.45.